The van der Waals surface area contributed by atoms with Gasteiger partial charge in [0.05, 0.1) is 11.1 Å². The molecule has 3 rings (SSSR count). The van der Waals surface area contributed by atoms with Crippen molar-refractivity contribution < 1.29 is 14.5 Å². The first-order valence-corrected chi connectivity index (χ1v) is 9.05. The van der Waals surface area contributed by atoms with Gasteiger partial charge in [0.2, 0.25) is 0 Å². The van der Waals surface area contributed by atoms with Crippen molar-refractivity contribution in [3.63, 3.8) is 0 Å². The molecule has 0 fully saturated rings. The van der Waals surface area contributed by atoms with Gasteiger partial charge in [-0.25, -0.2) is 5.43 Å². The molecule has 8 nitrogen and oxygen atoms in total. The summed E-state index contributed by atoms with van der Waals surface area (Å²) in [6, 6.07) is 18.7. The summed E-state index contributed by atoms with van der Waals surface area (Å²) >= 11 is 5.90. The monoisotopic (exact) mass is 422 g/mol. The number of hydrogen-bond acceptors (Lipinski definition) is 5. The Labute approximate surface area is 176 Å². The molecule has 2 N–H and O–H groups in total. The predicted octanol–water partition coefficient (Wildman–Crippen LogP) is 4.26. The van der Waals surface area contributed by atoms with Crippen LogP contribution in [0.4, 0.5) is 11.4 Å². The van der Waals surface area contributed by atoms with Crippen LogP contribution in [0.5, 0.6) is 0 Å². The molecule has 0 aromatic heterocycles. The minimum atomic E-state index is -0.515. The molecular formula is C21H15ClN4O4. The van der Waals surface area contributed by atoms with Crippen LogP contribution in [0, 0.1) is 10.1 Å². The second-order valence-corrected chi connectivity index (χ2v) is 6.53. The Balaban J connectivity index is 1.65. The molecule has 0 bridgehead atoms. The lowest BCUT2D eigenvalue weighted by molar-refractivity contribution is -0.384. The Morgan fingerprint density at radius 1 is 0.933 bits per heavy atom. The van der Waals surface area contributed by atoms with Crippen LogP contribution >= 0.6 is 11.6 Å². The number of carbonyl (C=O) groups excluding carboxylic acids is 2. The standard InChI is InChI=1S/C21H15ClN4O4/c22-17-7-2-5-15(11-17)20(27)24-18-8-3-6-16(12-18)21(28)25-23-13-14-4-1-9-19(10-14)26(29)30/h1-13H,(H,24,27)(H,25,28). The number of non-ortho nitro benzene ring substituents is 1. The molecule has 2 amide bonds. The van der Waals surface area contributed by atoms with Gasteiger partial charge in [-0.2, -0.15) is 5.10 Å². The van der Waals surface area contributed by atoms with E-state index in [1.807, 2.05) is 0 Å². The molecule has 0 spiro atoms. The fourth-order valence-corrected chi connectivity index (χ4v) is 2.71. The van der Waals surface area contributed by atoms with Gasteiger partial charge in [-0.3, -0.25) is 19.7 Å². The van der Waals surface area contributed by atoms with Crippen molar-refractivity contribution in [2.24, 2.45) is 5.10 Å². The Hall–Kier alpha value is -4.04. The van der Waals surface area contributed by atoms with Crippen LogP contribution in [0.15, 0.2) is 77.9 Å². The second kappa shape index (κ2) is 9.44. The number of anilines is 1. The second-order valence-electron chi connectivity index (χ2n) is 6.10. The average molecular weight is 423 g/mol. The summed E-state index contributed by atoms with van der Waals surface area (Å²) in [7, 11) is 0. The normalized spacial score (nSPS) is 10.6. The Kier molecular flexibility index (Phi) is 6.51. The highest BCUT2D eigenvalue weighted by Crippen LogP contribution is 2.15. The number of rotatable bonds is 6. The molecule has 0 saturated heterocycles. The summed E-state index contributed by atoms with van der Waals surface area (Å²) in [6.45, 7) is 0. The predicted molar refractivity (Wildman–Crippen MR) is 114 cm³/mol. The van der Waals surface area contributed by atoms with Gasteiger partial charge < -0.3 is 5.32 Å². The lowest BCUT2D eigenvalue weighted by Gasteiger charge is -2.07. The van der Waals surface area contributed by atoms with E-state index in [2.05, 4.69) is 15.8 Å². The van der Waals surface area contributed by atoms with Crippen molar-refractivity contribution in [3.05, 3.63) is 105 Å². The van der Waals surface area contributed by atoms with E-state index in [0.717, 1.165) is 0 Å². The maximum absolute atomic E-state index is 12.3. The maximum Gasteiger partial charge on any atom is 0.271 e. The van der Waals surface area contributed by atoms with Crippen molar-refractivity contribution in [3.8, 4) is 0 Å². The summed E-state index contributed by atoms with van der Waals surface area (Å²) in [4.78, 5) is 34.9. The molecule has 0 unspecified atom stereocenters. The first-order chi connectivity index (χ1) is 14.4. The van der Waals surface area contributed by atoms with Crippen LogP contribution in [0.2, 0.25) is 5.02 Å². The number of benzene rings is 3. The average Bonchev–Trinajstić information content (AvgIpc) is 2.74. The fourth-order valence-electron chi connectivity index (χ4n) is 2.52. The zero-order valence-electron chi connectivity index (χ0n) is 15.4. The van der Waals surface area contributed by atoms with Crippen LogP contribution in [0.1, 0.15) is 26.3 Å². The number of nitrogens with zero attached hydrogens (tertiary/aromatic N) is 2. The highest BCUT2D eigenvalue weighted by atomic mass is 35.5. The van der Waals surface area contributed by atoms with Gasteiger partial charge in [0.25, 0.3) is 17.5 Å². The number of nitro benzene ring substituents is 1. The molecule has 0 aliphatic carbocycles. The number of carbonyl (C=O) groups is 2. The zero-order valence-corrected chi connectivity index (χ0v) is 16.2. The first-order valence-electron chi connectivity index (χ1n) is 8.67. The van der Waals surface area contributed by atoms with Crippen LogP contribution in [0.3, 0.4) is 0 Å². The topological polar surface area (TPSA) is 114 Å². The SMILES string of the molecule is O=C(NN=Cc1cccc([N+](=O)[O-])c1)c1cccc(NC(=O)c2cccc(Cl)c2)c1. The van der Waals surface area contributed by atoms with Crippen LogP contribution in [-0.4, -0.2) is 23.0 Å². The molecule has 0 aliphatic rings. The molecule has 3 aromatic rings. The lowest BCUT2D eigenvalue weighted by Crippen LogP contribution is -2.18. The Morgan fingerprint density at radius 3 is 2.37 bits per heavy atom. The number of nitrogens with one attached hydrogen (secondary N) is 2. The first kappa shape index (κ1) is 20.7. The molecule has 0 atom stereocenters. The minimum absolute atomic E-state index is 0.0755. The largest absolute Gasteiger partial charge is 0.322 e. The van der Waals surface area contributed by atoms with Crippen molar-refractivity contribution in [1.82, 2.24) is 5.43 Å². The van der Waals surface area contributed by atoms with Gasteiger partial charge in [0.15, 0.2) is 0 Å². The van der Waals surface area contributed by atoms with Gasteiger partial charge in [0, 0.05) is 39.5 Å². The van der Waals surface area contributed by atoms with Crippen molar-refractivity contribution in [1.29, 1.82) is 0 Å². The van der Waals surface area contributed by atoms with Gasteiger partial charge in [-0.05, 0) is 36.4 Å². The fraction of sp³-hybridized carbons (Fsp3) is 0. The van der Waals surface area contributed by atoms with Crippen molar-refractivity contribution in [2.45, 2.75) is 0 Å². The van der Waals surface area contributed by atoms with E-state index in [1.165, 1.54) is 36.5 Å². The van der Waals surface area contributed by atoms with Crippen molar-refractivity contribution >= 4 is 41.0 Å². The number of halogens is 1. The third-order valence-electron chi connectivity index (χ3n) is 3.93. The highest BCUT2D eigenvalue weighted by molar-refractivity contribution is 6.31. The molecule has 0 radical (unpaired) electrons. The molecule has 9 heteroatoms. The molecular weight excluding hydrogens is 408 g/mol. The van der Waals surface area contributed by atoms with Gasteiger partial charge >= 0.3 is 0 Å². The van der Waals surface area contributed by atoms with E-state index in [0.29, 0.717) is 21.8 Å². The maximum atomic E-state index is 12.3. The van der Waals surface area contributed by atoms with Crippen LogP contribution in [0.25, 0.3) is 0 Å². The zero-order chi connectivity index (χ0) is 21.5. The molecule has 0 aliphatic heterocycles. The molecule has 0 saturated carbocycles. The summed E-state index contributed by atoms with van der Waals surface area (Å²) < 4.78 is 0. The van der Waals surface area contributed by atoms with E-state index in [1.54, 1.807) is 42.5 Å². The molecule has 30 heavy (non-hydrogen) atoms. The summed E-state index contributed by atoms with van der Waals surface area (Å²) in [6.07, 6.45) is 1.30. The van der Waals surface area contributed by atoms with Gasteiger partial charge in [0.1, 0.15) is 0 Å². The Bertz CT molecular complexity index is 1150. The number of amides is 2. The van der Waals surface area contributed by atoms with Gasteiger partial charge in [-0.1, -0.05) is 35.9 Å². The third kappa shape index (κ3) is 5.49. The summed E-state index contributed by atoms with van der Waals surface area (Å²) in [5, 5.41) is 17.7. The summed E-state index contributed by atoms with van der Waals surface area (Å²) in [5.74, 6) is -0.866. The summed E-state index contributed by atoms with van der Waals surface area (Å²) in [5.41, 5.74) is 3.82. The molecule has 3 aromatic carbocycles. The molecule has 150 valence electrons. The lowest BCUT2D eigenvalue weighted by atomic mass is 10.1. The van der Waals surface area contributed by atoms with E-state index < -0.39 is 10.8 Å². The van der Waals surface area contributed by atoms with Crippen molar-refractivity contribution in [2.75, 3.05) is 5.32 Å². The van der Waals surface area contributed by atoms with Gasteiger partial charge in [-0.15, -0.1) is 0 Å². The number of hydrogen-bond donors (Lipinski definition) is 2. The number of nitro groups is 1. The van der Waals surface area contributed by atoms with E-state index in [9.17, 15) is 19.7 Å². The smallest absolute Gasteiger partial charge is 0.271 e. The van der Waals surface area contributed by atoms with Crippen LogP contribution < -0.4 is 10.7 Å². The Morgan fingerprint density at radius 2 is 1.63 bits per heavy atom. The highest BCUT2D eigenvalue weighted by Gasteiger charge is 2.10. The molecule has 0 heterocycles. The van der Waals surface area contributed by atoms with E-state index in [4.69, 9.17) is 11.6 Å². The van der Waals surface area contributed by atoms with Crippen LogP contribution in [-0.2, 0) is 0 Å². The number of hydrazone groups is 1. The van der Waals surface area contributed by atoms with E-state index >= 15 is 0 Å². The third-order valence-corrected chi connectivity index (χ3v) is 4.17. The van der Waals surface area contributed by atoms with E-state index in [-0.39, 0.29) is 17.2 Å². The quantitative estimate of drug-likeness (QED) is 0.351. The minimum Gasteiger partial charge on any atom is -0.322 e.